The minimum absolute atomic E-state index is 0.0109. The van der Waals surface area contributed by atoms with E-state index in [1.807, 2.05) is 0 Å². The van der Waals surface area contributed by atoms with Gasteiger partial charge >= 0.3 is 12.4 Å². The summed E-state index contributed by atoms with van der Waals surface area (Å²) in [4.78, 5) is 45.6. The fourth-order valence-corrected chi connectivity index (χ4v) is 4.26. The predicted octanol–water partition coefficient (Wildman–Crippen LogP) is 3.81. The minimum Gasteiger partial charge on any atom is -0.404 e. The molecule has 2 saturated heterocycles. The summed E-state index contributed by atoms with van der Waals surface area (Å²) in [6, 6.07) is 5.51. The van der Waals surface area contributed by atoms with Gasteiger partial charge in [-0.25, -0.2) is 9.69 Å². The van der Waals surface area contributed by atoms with Crippen molar-refractivity contribution in [1.82, 2.24) is 15.2 Å². The molecule has 4 rings (SSSR count). The lowest BCUT2D eigenvalue weighted by molar-refractivity contribution is -0.274. The Morgan fingerprint density at radius 2 is 1.92 bits per heavy atom. The molecule has 2 aromatic rings. The van der Waals surface area contributed by atoms with Gasteiger partial charge in [0.1, 0.15) is 5.54 Å². The smallest absolute Gasteiger partial charge is 0.404 e. The summed E-state index contributed by atoms with van der Waals surface area (Å²) in [5, 5.41) is 5.50. The van der Waals surface area contributed by atoms with Crippen molar-refractivity contribution in [1.29, 1.82) is 0 Å². The second-order valence-corrected chi connectivity index (χ2v) is 9.14. The number of halogens is 3. The molecule has 2 fully saturated rings. The molecule has 0 unspecified atom stereocenters. The SMILES string of the molecule is CC1(C)C(=O)N(c2ccc(OC(F)(F)F)c(NC(=O)[C@H]3CCCCN3)c2)C(=O)N1Cc1ccncc1. The van der Waals surface area contributed by atoms with Gasteiger partial charge in [0, 0.05) is 18.9 Å². The molecule has 2 N–H and O–H groups in total. The van der Waals surface area contributed by atoms with Crippen molar-refractivity contribution in [3.8, 4) is 5.75 Å². The van der Waals surface area contributed by atoms with E-state index < -0.39 is 41.5 Å². The van der Waals surface area contributed by atoms with E-state index in [9.17, 15) is 27.6 Å². The molecule has 0 spiro atoms. The van der Waals surface area contributed by atoms with Gasteiger partial charge in [0.15, 0.2) is 5.75 Å². The van der Waals surface area contributed by atoms with E-state index in [1.54, 1.807) is 38.4 Å². The van der Waals surface area contributed by atoms with Crippen molar-refractivity contribution in [2.24, 2.45) is 0 Å². The Balaban J connectivity index is 1.65. The van der Waals surface area contributed by atoms with E-state index in [1.165, 1.54) is 11.0 Å². The van der Waals surface area contributed by atoms with E-state index >= 15 is 0 Å². The third-order valence-corrected chi connectivity index (χ3v) is 6.25. The van der Waals surface area contributed by atoms with E-state index in [2.05, 4.69) is 20.4 Å². The molecule has 0 bridgehead atoms. The largest absolute Gasteiger partial charge is 0.573 e. The molecule has 1 aromatic heterocycles. The second kappa shape index (κ2) is 9.76. The molecular formula is C24H26F3N5O4. The molecule has 1 atom stereocenters. The number of urea groups is 1. The zero-order chi connectivity index (χ0) is 26.1. The molecular weight excluding hydrogens is 479 g/mol. The lowest BCUT2D eigenvalue weighted by Gasteiger charge is -2.27. The van der Waals surface area contributed by atoms with Crippen molar-refractivity contribution >= 4 is 29.2 Å². The van der Waals surface area contributed by atoms with Crippen LogP contribution in [0.15, 0.2) is 42.7 Å². The molecule has 36 heavy (non-hydrogen) atoms. The molecule has 9 nitrogen and oxygen atoms in total. The number of hydrogen-bond acceptors (Lipinski definition) is 6. The van der Waals surface area contributed by atoms with Crippen molar-refractivity contribution in [2.45, 2.75) is 57.6 Å². The number of rotatable bonds is 6. The van der Waals surface area contributed by atoms with E-state index in [-0.39, 0.29) is 17.9 Å². The maximum atomic E-state index is 13.3. The number of pyridine rings is 1. The molecule has 2 aliphatic heterocycles. The van der Waals surface area contributed by atoms with Crippen LogP contribution in [0.2, 0.25) is 0 Å². The highest BCUT2D eigenvalue weighted by molar-refractivity contribution is 6.23. The van der Waals surface area contributed by atoms with E-state index in [0.717, 1.165) is 35.4 Å². The number of imide groups is 1. The highest BCUT2D eigenvalue weighted by atomic mass is 19.4. The van der Waals surface area contributed by atoms with Crippen LogP contribution in [0.4, 0.5) is 29.3 Å². The standard InChI is InChI=1S/C24H26F3N5O4/c1-23(2)21(34)32(22(35)31(23)14-15-8-11-28-12-9-15)16-6-7-19(36-24(25,26)27)18(13-16)30-20(33)17-5-3-4-10-29-17/h6-9,11-13,17,29H,3-5,10,14H2,1-2H3,(H,30,33)/t17-/m1/s1. The number of nitrogens with one attached hydrogen (secondary N) is 2. The molecule has 12 heteroatoms. The number of carbonyl (C=O) groups is 3. The van der Waals surface area contributed by atoms with Gasteiger partial charge in [0.25, 0.3) is 5.91 Å². The normalized spacial score (nSPS) is 20.0. The summed E-state index contributed by atoms with van der Waals surface area (Å²) in [5.41, 5.74) is -0.760. The van der Waals surface area contributed by atoms with Crippen LogP contribution >= 0.6 is 0 Å². The Morgan fingerprint density at radius 1 is 1.19 bits per heavy atom. The summed E-state index contributed by atoms with van der Waals surface area (Å²) in [7, 11) is 0. The molecule has 0 aliphatic carbocycles. The van der Waals surface area contributed by atoms with Crippen LogP contribution in [0.3, 0.4) is 0 Å². The first-order valence-corrected chi connectivity index (χ1v) is 11.5. The van der Waals surface area contributed by atoms with Crippen LogP contribution in [0, 0.1) is 0 Å². The average molecular weight is 505 g/mol. The topological polar surface area (TPSA) is 104 Å². The highest BCUT2D eigenvalue weighted by Gasteiger charge is 2.52. The summed E-state index contributed by atoms with van der Waals surface area (Å²) >= 11 is 0. The Bertz CT molecular complexity index is 1150. The Hall–Kier alpha value is -3.67. The molecule has 192 valence electrons. The number of amides is 4. The number of benzene rings is 1. The summed E-state index contributed by atoms with van der Waals surface area (Å²) in [6.45, 7) is 3.92. The van der Waals surface area contributed by atoms with Crippen LogP contribution in [-0.2, 0) is 16.1 Å². The van der Waals surface area contributed by atoms with Crippen LogP contribution < -0.4 is 20.3 Å². The quantitative estimate of drug-likeness (QED) is 0.579. The molecule has 1 aromatic carbocycles. The first-order valence-electron chi connectivity index (χ1n) is 11.5. The Labute approximate surface area is 205 Å². The number of carbonyl (C=O) groups excluding carboxylic acids is 3. The van der Waals surface area contributed by atoms with Crippen molar-refractivity contribution in [2.75, 3.05) is 16.8 Å². The number of piperidine rings is 1. The fraction of sp³-hybridized carbons (Fsp3) is 0.417. The van der Waals surface area contributed by atoms with Crippen LogP contribution in [0.5, 0.6) is 5.75 Å². The van der Waals surface area contributed by atoms with Crippen molar-refractivity contribution < 1.29 is 32.3 Å². The number of anilines is 2. The zero-order valence-electron chi connectivity index (χ0n) is 19.8. The Kier molecular flexibility index (Phi) is 6.90. The van der Waals surface area contributed by atoms with Crippen molar-refractivity contribution in [3.63, 3.8) is 0 Å². The number of ether oxygens (including phenoxy) is 1. The lowest BCUT2D eigenvalue weighted by atomic mass is 10.0. The van der Waals surface area contributed by atoms with Gasteiger partial charge in [-0.15, -0.1) is 13.2 Å². The molecule has 0 radical (unpaired) electrons. The number of aromatic nitrogens is 1. The average Bonchev–Trinajstić information content (AvgIpc) is 3.00. The van der Waals surface area contributed by atoms with Crippen molar-refractivity contribution in [3.05, 3.63) is 48.3 Å². The minimum atomic E-state index is -5.01. The lowest BCUT2D eigenvalue weighted by Crippen LogP contribution is -2.43. The first kappa shape index (κ1) is 25.4. The van der Waals surface area contributed by atoms with Crippen LogP contribution in [0.1, 0.15) is 38.7 Å². The third-order valence-electron chi connectivity index (χ3n) is 6.25. The maximum Gasteiger partial charge on any atom is 0.573 e. The fourth-order valence-electron chi connectivity index (χ4n) is 4.26. The highest BCUT2D eigenvalue weighted by Crippen LogP contribution is 2.38. The summed E-state index contributed by atoms with van der Waals surface area (Å²) < 4.78 is 43.2. The molecule has 0 saturated carbocycles. The van der Waals surface area contributed by atoms with Gasteiger partial charge in [0.2, 0.25) is 5.91 Å². The van der Waals surface area contributed by atoms with Gasteiger partial charge in [-0.1, -0.05) is 6.42 Å². The maximum absolute atomic E-state index is 13.3. The van der Waals surface area contributed by atoms with E-state index in [0.29, 0.717) is 13.0 Å². The predicted molar refractivity (Wildman–Crippen MR) is 124 cm³/mol. The third kappa shape index (κ3) is 5.27. The van der Waals surface area contributed by atoms with Crippen LogP contribution in [-0.4, -0.2) is 52.2 Å². The molecule has 3 heterocycles. The Morgan fingerprint density at radius 3 is 2.56 bits per heavy atom. The van der Waals surface area contributed by atoms with Gasteiger partial charge in [-0.2, -0.15) is 0 Å². The first-order chi connectivity index (χ1) is 17.0. The number of nitrogens with zero attached hydrogens (tertiary/aromatic N) is 3. The summed E-state index contributed by atoms with van der Waals surface area (Å²) in [5.74, 6) is -1.74. The number of alkyl halides is 3. The van der Waals surface area contributed by atoms with Crippen LogP contribution in [0.25, 0.3) is 0 Å². The van der Waals surface area contributed by atoms with Gasteiger partial charge in [-0.3, -0.25) is 14.6 Å². The molecule has 4 amide bonds. The second-order valence-electron chi connectivity index (χ2n) is 9.14. The summed E-state index contributed by atoms with van der Waals surface area (Å²) in [6.07, 6.45) is 0.355. The van der Waals surface area contributed by atoms with Gasteiger partial charge in [0.05, 0.1) is 17.4 Å². The van der Waals surface area contributed by atoms with E-state index in [4.69, 9.17) is 0 Å². The zero-order valence-corrected chi connectivity index (χ0v) is 19.8. The van der Waals surface area contributed by atoms with Gasteiger partial charge in [-0.05, 0) is 69.1 Å². The van der Waals surface area contributed by atoms with Gasteiger partial charge < -0.3 is 20.3 Å². The monoisotopic (exact) mass is 505 g/mol. The number of hydrogen-bond donors (Lipinski definition) is 2. The molecule has 2 aliphatic rings.